The third-order valence-electron chi connectivity index (χ3n) is 3.68. The van der Waals surface area contributed by atoms with Gasteiger partial charge in [0.15, 0.2) is 0 Å². The van der Waals surface area contributed by atoms with Gasteiger partial charge >= 0.3 is 12.1 Å². The van der Waals surface area contributed by atoms with Gasteiger partial charge in [-0.3, -0.25) is 4.79 Å². The number of halogens is 2. The van der Waals surface area contributed by atoms with Crippen molar-refractivity contribution in [1.29, 1.82) is 0 Å². The molecule has 2 aliphatic rings. The molecule has 1 unspecified atom stereocenters. The van der Waals surface area contributed by atoms with Gasteiger partial charge in [0.05, 0.1) is 5.41 Å². The first-order valence-corrected chi connectivity index (χ1v) is 6.10. The molecule has 19 heavy (non-hydrogen) atoms. The van der Waals surface area contributed by atoms with Crippen LogP contribution in [0.4, 0.5) is 13.6 Å². The molecule has 2 aliphatic carbocycles. The number of hydrogen-bond acceptors (Lipinski definition) is 3. The summed E-state index contributed by atoms with van der Waals surface area (Å²) < 4.78 is 31.8. The van der Waals surface area contributed by atoms with Crippen LogP contribution in [0.15, 0.2) is 0 Å². The van der Waals surface area contributed by atoms with E-state index in [2.05, 4.69) is 5.32 Å². The molecule has 2 saturated carbocycles. The molecule has 0 bridgehead atoms. The maximum Gasteiger partial charge on any atom is 0.407 e. The third kappa shape index (κ3) is 2.15. The Bertz CT molecular complexity index is 424. The number of carbonyl (C=O) groups is 2. The molecule has 0 aliphatic heterocycles. The fourth-order valence-electron chi connectivity index (χ4n) is 2.80. The zero-order valence-corrected chi connectivity index (χ0v) is 11.0. The fourth-order valence-corrected chi connectivity index (χ4v) is 2.80. The van der Waals surface area contributed by atoms with Crippen LogP contribution in [-0.4, -0.2) is 34.7 Å². The normalized spacial score (nSPS) is 35.4. The van der Waals surface area contributed by atoms with Crippen LogP contribution >= 0.6 is 0 Å². The number of carboxylic acid groups (broad SMARTS) is 1. The van der Waals surface area contributed by atoms with Crippen LogP contribution in [0.3, 0.4) is 0 Å². The first kappa shape index (κ1) is 14.0. The first-order valence-electron chi connectivity index (χ1n) is 6.10. The molecule has 1 amide bonds. The average Bonchev–Trinajstić information content (AvgIpc) is 2.58. The van der Waals surface area contributed by atoms with E-state index >= 15 is 0 Å². The van der Waals surface area contributed by atoms with E-state index < -0.39 is 41.0 Å². The monoisotopic (exact) mass is 277 g/mol. The van der Waals surface area contributed by atoms with E-state index in [4.69, 9.17) is 9.84 Å². The van der Waals surface area contributed by atoms with Crippen LogP contribution < -0.4 is 5.32 Å². The van der Waals surface area contributed by atoms with Crippen LogP contribution in [0.2, 0.25) is 0 Å². The van der Waals surface area contributed by atoms with Crippen molar-refractivity contribution >= 4 is 12.1 Å². The lowest BCUT2D eigenvalue weighted by atomic mass is 9.74. The van der Waals surface area contributed by atoms with Gasteiger partial charge in [-0.1, -0.05) is 0 Å². The molecule has 2 rings (SSSR count). The molecule has 0 aromatic heterocycles. The SMILES string of the molecule is CC(C)(C)OC(=O)NC1CC2(C1)C(C(=O)O)C2(F)F. The van der Waals surface area contributed by atoms with Gasteiger partial charge in [-0.15, -0.1) is 0 Å². The second-order valence-electron chi connectivity index (χ2n) is 6.30. The lowest BCUT2D eigenvalue weighted by molar-refractivity contribution is -0.141. The van der Waals surface area contributed by atoms with Gasteiger partial charge < -0.3 is 15.2 Å². The van der Waals surface area contributed by atoms with Gasteiger partial charge in [0, 0.05) is 6.04 Å². The number of nitrogens with one attached hydrogen (secondary N) is 1. The van der Waals surface area contributed by atoms with Gasteiger partial charge in [0.2, 0.25) is 0 Å². The summed E-state index contributed by atoms with van der Waals surface area (Å²) in [6, 6.07) is -0.440. The smallest absolute Gasteiger partial charge is 0.407 e. The van der Waals surface area contributed by atoms with E-state index in [9.17, 15) is 18.4 Å². The molecule has 1 spiro atoms. The Morgan fingerprint density at radius 3 is 2.21 bits per heavy atom. The summed E-state index contributed by atoms with van der Waals surface area (Å²) in [7, 11) is 0. The minimum atomic E-state index is -3.16. The van der Waals surface area contributed by atoms with Crippen molar-refractivity contribution in [2.45, 2.75) is 51.2 Å². The highest BCUT2D eigenvalue weighted by Gasteiger charge is 2.87. The summed E-state index contributed by atoms with van der Waals surface area (Å²) in [4.78, 5) is 22.1. The molecule has 0 saturated heterocycles. The van der Waals surface area contributed by atoms with Gasteiger partial charge in [-0.05, 0) is 33.6 Å². The summed E-state index contributed by atoms with van der Waals surface area (Å²) in [6.45, 7) is 5.10. The van der Waals surface area contributed by atoms with Crippen LogP contribution in [0.1, 0.15) is 33.6 Å². The Hall–Kier alpha value is -1.40. The molecular formula is C12H17F2NO4. The number of aliphatic carboxylic acids is 1. The van der Waals surface area contributed by atoms with Gasteiger partial charge in [0.1, 0.15) is 11.5 Å². The van der Waals surface area contributed by atoms with Crippen molar-refractivity contribution in [2.75, 3.05) is 0 Å². The van der Waals surface area contributed by atoms with Crippen molar-refractivity contribution in [3.05, 3.63) is 0 Å². The first-order chi connectivity index (χ1) is 8.49. The molecule has 0 aromatic carbocycles. The molecule has 0 heterocycles. The van der Waals surface area contributed by atoms with E-state index in [1.54, 1.807) is 20.8 Å². The van der Waals surface area contributed by atoms with Crippen molar-refractivity contribution in [1.82, 2.24) is 5.32 Å². The van der Waals surface area contributed by atoms with Gasteiger partial charge in [-0.2, -0.15) is 0 Å². The Labute approximate surface area is 109 Å². The maximum absolute atomic E-state index is 13.4. The minimum Gasteiger partial charge on any atom is -0.481 e. The number of amides is 1. The van der Waals surface area contributed by atoms with E-state index in [1.807, 2.05) is 0 Å². The number of hydrogen-bond donors (Lipinski definition) is 2. The summed E-state index contributed by atoms with van der Waals surface area (Å²) in [5.74, 6) is -6.25. The lowest BCUT2D eigenvalue weighted by Crippen LogP contribution is -2.49. The Balaban J connectivity index is 1.85. The molecule has 0 aromatic rings. The van der Waals surface area contributed by atoms with Crippen LogP contribution in [-0.2, 0) is 9.53 Å². The molecule has 1 atom stereocenters. The summed E-state index contributed by atoms with van der Waals surface area (Å²) >= 11 is 0. The molecule has 2 fully saturated rings. The van der Waals surface area contributed by atoms with Gasteiger partial charge in [-0.25, -0.2) is 13.6 Å². The number of rotatable bonds is 2. The zero-order chi connectivity index (χ0) is 14.6. The van der Waals surface area contributed by atoms with Gasteiger partial charge in [0.25, 0.3) is 5.92 Å². The number of alkyl carbamates (subject to hydrolysis) is 1. The van der Waals surface area contributed by atoms with Crippen LogP contribution in [0, 0.1) is 11.3 Å². The van der Waals surface area contributed by atoms with Crippen molar-refractivity contribution in [3.63, 3.8) is 0 Å². The molecule has 5 nitrogen and oxygen atoms in total. The Morgan fingerprint density at radius 1 is 1.32 bits per heavy atom. The zero-order valence-electron chi connectivity index (χ0n) is 11.0. The second kappa shape index (κ2) is 3.80. The second-order valence-corrected chi connectivity index (χ2v) is 6.30. The maximum atomic E-state index is 13.4. The number of carbonyl (C=O) groups excluding carboxylic acids is 1. The van der Waals surface area contributed by atoms with Crippen molar-refractivity contribution in [3.8, 4) is 0 Å². The quantitative estimate of drug-likeness (QED) is 0.809. The van der Waals surface area contributed by atoms with E-state index in [-0.39, 0.29) is 12.8 Å². The topological polar surface area (TPSA) is 75.6 Å². The van der Waals surface area contributed by atoms with Crippen LogP contribution in [0.25, 0.3) is 0 Å². The molecule has 7 heteroatoms. The number of ether oxygens (including phenoxy) is 1. The summed E-state index contributed by atoms with van der Waals surface area (Å²) in [5, 5.41) is 11.2. The lowest BCUT2D eigenvalue weighted by Gasteiger charge is -2.36. The fraction of sp³-hybridized carbons (Fsp3) is 0.833. The highest BCUT2D eigenvalue weighted by Crippen LogP contribution is 2.75. The molecule has 0 radical (unpaired) electrons. The van der Waals surface area contributed by atoms with E-state index in [1.165, 1.54) is 0 Å². The molecule has 2 N–H and O–H groups in total. The molecule has 108 valence electrons. The largest absolute Gasteiger partial charge is 0.481 e. The molecular weight excluding hydrogens is 260 g/mol. The van der Waals surface area contributed by atoms with Crippen molar-refractivity contribution in [2.24, 2.45) is 11.3 Å². The highest BCUT2D eigenvalue weighted by molar-refractivity contribution is 5.78. The highest BCUT2D eigenvalue weighted by atomic mass is 19.3. The number of alkyl halides is 2. The van der Waals surface area contributed by atoms with Crippen molar-refractivity contribution < 1.29 is 28.2 Å². The van der Waals surface area contributed by atoms with E-state index in [0.717, 1.165) is 0 Å². The predicted octanol–water partition coefficient (Wildman–Crippen LogP) is 2.01. The average molecular weight is 277 g/mol. The Kier molecular flexibility index (Phi) is 2.80. The standard InChI is InChI=1S/C12H17F2NO4/c1-10(2,3)19-9(18)15-6-4-11(5-6)7(8(16)17)12(11,13)14/h6-7H,4-5H2,1-3H3,(H,15,18)(H,16,17). The van der Waals surface area contributed by atoms with E-state index in [0.29, 0.717) is 0 Å². The Morgan fingerprint density at radius 2 is 1.84 bits per heavy atom. The number of carboxylic acids is 1. The summed E-state index contributed by atoms with van der Waals surface area (Å²) in [6.07, 6.45) is -0.699. The predicted molar refractivity (Wildman–Crippen MR) is 60.9 cm³/mol. The summed E-state index contributed by atoms with van der Waals surface area (Å²) in [5.41, 5.74) is -2.11. The third-order valence-corrected chi connectivity index (χ3v) is 3.68. The van der Waals surface area contributed by atoms with Crippen LogP contribution in [0.5, 0.6) is 0 Å². The minimum absolute atomic E-state index is 0.0176.